The lowest BCUT2D eigenvalue weighted by atomic mass is 10.1. The predicted molar refractivity (Wildman–Crippen MR) is 64.7 cm³/mol. The fourth-order valence-corrected chi connectivity index (χ4v) is 1.48. The monoisotopic (exact) mass is 214 g/mol. The fourth-order valence-electron chi connectivity index (χ4n) is 1.48. The highest BCUT2D eigenvalue weighted by Crippen LogP contribution is 2.04. The summed E-state index contributed by atoms with van der Waals surface area (Å²) in [6.07, 6.45) is 8.97. The molecule has 0 unspecified atom stereocenters. The molecule has 0 aliphatic heterocycles. The first-order valence-electron chi connectivity index (χ1n) is 6.28. The van der Waals surface area contributed by atoms with Crippen LogP contribution in [0.5, 0.6) is 0 Å². The summed E-state index contributed by atoms with van der Waals surface area (Å²) < 4.78 is 0. The molecule has 0 aliphatic rings. The largest absolute Gasteiger partial charge is 0.356 e. The summed E-state index contributed by atoms with van der Waals surface area (Å²) in [5.74, 6) is 0.147. The van der Waals surface area contributed by atoms with E-state index >= 15 is 0 Å². The van der Waals surface area contributed by atoms with E-state index in [9.17, 15) is 4.79 Å². The van der Waals surface area contributed by atoms with E-state index in [1.54, 1.807) is 0 Å². The first-order chi connectivity index (χ1) is 7.31. The predicted octanol–water partition coefficient (Wildman–Crippen LogP) is 2.20. The molecule has 90 valence electrons. The molecule has 0 aromatic rings. The summed E-state index contributed by atoms with van der Waals surface area (Å²) in [6.45, 7) is 3.65. The van der Waals surface area contributed by atoms with Gasteiger partial charge in [0.2, 0.25) is 5.91 Å². The van der Waals surface area contributed by atoms with Crippen LogP contribution < -0.4 is 11.1 Å². The van der Waals surface area contributed by atoms with E-state index in [4.69, 9.17) is 5.73 Å². The van der Waals surface area contributed by atoms with Crippen LogP contribution in [0.25, 0.3) is 0 Å². The molecule has 0 aromatic carbocycles. The third kappa shape index (κ3) is 11.4. The van der Waals surface area contributed by atoms with Crippen LogP contribution in [0.3, 0.4) is 0 Å². The number of hydrogen-bond donors (Lipinski definition) is 2. The molecule has 0 atom stereocenters. The maximum absolute atomic E-state index is 11.2. The smallest absolute Gasteiger partial charge is 0.220 e. The van der Waals surface area contributed by atoms with Gasteiger partial charge in [-0.2, -0.15) is 0 Å². The Bertz CT molecular complexity index is 149. The first kappa shape index (κ1) is 14.4. The molecule has 0 aromatic heterocycles. The number of nitrogens with two attached hydrogens (primary N) is 1. The number of hydrogen-bond acceptors (Lipinski definition) is 2. The molecule has 0 saturated heterocycles. The van der Waals surface area contributed by atoms with E-state index in [0.717, 1.165) is 19.4 Å². The molecule has 0 rings (SSSR count). The molecule has 0 spiro atoms. The van der Waals surface area contributed by atoms with Crippen LogP contribution >= 0.6 is 0 Å². The Morgan fingerprint density at radius 1 is 1.07 bits per heavy atom. The van der Waals surface area contributed by atoms with Gasteiger partial charge in [-0.15, -0.1) is 0 Å². The zero-order valence-electron chi connectivity index (χ0n) is 10.1. The third-order valence-electron chi connectivity index (χ3n) is 2.46. The van der Waals surface area contributed by atoms with Crippen molar-refractivity contribution in [3.63, 3.8) is 0 Å². The third-order valence-corrected chi connectivity index (χ3v) is 2.46. The second kappa shape index (κ2) is 11.5. The highest BCUT2D eigenvalue weighted by Gasteiger charge is 1.98. The standard InChI is InChI=1S/C12H26N2O/c1-2-3-4-5-6-7-11-14-12(15)9-8-10-13/h2-11,13H2,1H3,(H,14,15). The van der Waals surface area contributed by atoms with Crippen LogP contribution in [-0.4, -0.2) is 19.0 Å². The van der Waals surface area contributed by atoms with Crippen molar-refractivity contribution < 1.29 is 4.79 Å². The van der Waals surface area contributed by atoms with Gasteiger partial charge in [0.25, 0.3) is 0 Å². The van der Waals surface area contributed by atoms with Gasteiger partial charge in [0.05, 0.1) is 0 Å². The molecular formula is C12H26N2O. The van der Waals surface area contributed by atoms with Gasteiger partial charge < -0.3 is 11.1 Å². The Hall–Kier alpha value is -0.570. The second-order valence-electron chi connectivity index (χ2n) is 4.01. The van der Waals surface area contributed by atoms with Crippen molar-refractivity contribution in [2.75, 3.05) is 13.1 Å². The van der Waals surface area contributed by atoms with Crippen molar-refractivity contribution in [2.45, 2.75) is 58.3 Å². The van der Waals surface area contributed by atoms with Gasteiger partial charge in [-0.05, 0) is 19.4 Å². The highest BCUT2D eigenvalue weighted by molar-refractivity contribution is 5.75. The maximum atomic E-state index is 11.2. The zero-order chi connectivity index (χ0) is 11.4. The van der Waals surface area contributed by atoms with Crippen molar-refractivity contribution in [1.82, 2.24) is 5.32 Å². The Kier molecular flexibility index (Phi) is 11.1. The Labute approximate surface area is 93.8 Å². The summed E-state index contributed by atoms with van der Waals surface area (Å²) in [4.78, 5) is 11.2. The molecule has 0 heterocycles. The summed E-state index contributed by atoms with van der Waals surface area (Å²) in [5, 5.41) is 2.91. The lowest BCUT2D eigenvalue weighted by Crippen LogP contribution is -2.24. The van der Waals surface area contributed by atoms with E-state index in [0.29, 0.717) is 13.0 Å². The molecule has 3 nitrogen and oxygen atoms in total. The number of amides is 1. The molecule has 0 fully saturated rings. The Morgan fingerprint density at radius 3 is 2.40 bits per heavy atom. The minimum absolute atomic E-state index is 0.147. The fraction of sp³-hybridized carbons (Fsp3) is 0.917. The molecule has 0 radical (unpaired) electrons. The number of carbonyl (C=O) groups is 1. The van der Waals surface area contributed by atoms with Gasteiger partial charge in [0, 0.05) is 13.0 Å². The normalized spacial score (nSPS) is 10.3. The van der Waals surface area contributed by atoms with Gasteiger partial charge in [0.1, 0.15) is 0 Å². The topological polar surface area (TPSA) is 55.1 Å². The first-order valence-corrected chi connectivity index (χ1v) is 6.28. The van der Waals surface area contributed by atoms with Crippen molar-refractivity contribution >= 4 is 5.91 Å². The number of nitrogens with one attached hydrogen (secondary N) is 1. The molecular weight excluding hydrogens is 188 g/mol. The van der Waals surface area contributed by atoms with Crippen LogP contribution in [0.4, 0.5) is 0 Å². The summed E-state index contributed by atoms with van der Waals surface area (Å²) in [7, 11) is 0. The summed E-state index contributed by atoms with van der Waals surface area (Å²) in [6, 6.07) is 0. The van der Waals surface area contributed by atoms with Crippen molar-refractivity contribution in [2.24, 2.45) is 5.73 Å². The van der Waals surface area contributed by atoms with Crippen LogP contribution in [0, 0.1) is 0 Å². The highest BCUT2D eigenvalue weighted by atomic mass is 16.1. The Balaban J connectivity index is 3.06. The molecule has 1 amide bonds. The van der Waals surface area contributed by atoms with E-state index < -0.39 is 0 Å². The lowest BCUT2D eigenvalue weighted by molar-refractivity contribution is -0.121. The van der Waals surface area contributed by atoms with Crippen LogP contribution in [0.2, 0.25) is 0 Å². The van der Waals surface area contributed by atoms with Gasteiger partial charge >= 0.3 is 0 Å². The molecule has 3 N–H and O–H groups in total. The Morgan fingerprint density at radius 2 is 1.73 bits per heavy atom. The van der Waals surface area contributed by atoms with Crippen molar-refractivity contribution in [3.05, 3.63) is 0 Å². The maximum Gasteiger partial charge on any atom is 0.220 e. The molecule has 15 heavy (non-hydrogen) atoms. The molecule has 0 saturated carbocycles. The van der Waals surface area contributed by atoms with Crippen LogP contribution in [0.15, 0.2) is 0 Å². The van der Waals surface area contributed by atoms with Gasteiger partial charge in [0.15, 0.2) is 0 Å². The van der Waals surface area contributed by atoms with E-state index in [1.165, 1.54) is 32.1 Å². The van der Waals surface area contributed by atoms with Gasteiger partial charge in [-0.3, -0.25) is 4.79 Å². The molecule has 0 aliphatic carbocycles. The molecule has 3 heteroatoms. The van der Waals surface area contributed by atoms with E-state index in [-0.39, 0.29) is 5.91 Å². The van der Waals surface area contributed by atoms with Crippen LogP contribution in [0.1, 0.15) is 58.3 Å². The van der Waals surface area contributed by atoms with Crippen molar-refractivity contribution in [1.29, 1.82) is 0 Å². The summed E-state index contributed by atoms with van der Waals surface area (Å²) >= 11 is 0. The van der Waals surface area contributed by atoms with Gasteiger partial charge in [-0.25, -0.2) is 0 Å². The minimum atomic E-state index is 0.147. The van der Waals surface area contributed by atoms with E-state index in [2.05, 4.69) is 12.2 Å². The lowest BCUT2D eigenvalue weighted by Gasteiger charge is -2.04. The zero-order valence-corrected chi connectivity index (χ0v) is 10.1. The average molecular weight is 214 g/mol. The second-order valence-corrected chi connectivity index (χ2v) is 4.01. The number of rotatable bonds is 10. The number of carbonyl (C=O) groups excluding carboxylic acids is 1. The quantitative estimate of drug-likeness (QED) is 0.548. The van der Waals surface area contributed by atoms with Crippen LogP contribution in [-0.2, 0) is 4.79 Å². The van der Waals surface area contributed by atoms with Crippen molar-refractivity contribution in [3.8, 4) is 0 Å². The minimum Gasteiger partial charge on any atom is -0.356 e. The number of unbranched alkanes of at least 4 members (excludes halogenated alkanes) is 5. The molecule has 0 bridgehead atoms. The summed E-state index contributed by atoms with van der Waals surface area (Å²) in [5.41, 5.74) is 5.32. The SMILES string of the molecule is CCCCCCCCNC(=O)CCCN. The van der Waals surface area contributed by atoms with E-state index in [1.807, 2.05) is 0 Å². The van der Waals surface area contributed by atoms with Gasteiger partial charge in [-0.1, -0.05) is 39.0 Å². The average Bonchev–Trinajstić information content (AvgIpc) is 2.25.